The summed E-state index contributed by atoms with van der Waals surface area (Å²) in [4.78, 5) is 8.82. The lowest BCUT2D eigenvalue weighted by Crippen LogP contribution is -2.13. The molecule has 6 nitrogen and oxygen atoms in total. The summed E-state index contributed by atoms with van der Waals surface area (Å²) in [6, 6.07) is 0. The summed E-state index contributed by atoms with van der Waals surface area (Å²) in [5.41, 5.74) is 6.44. The van der Waals surface area contributed by atoms with Crippen molar-refractivity contribution in [1.29, 1.82) is 0 Å². The van der Waals surface area contributed by atoms with Crippen molar-refractivity contribution < 1.29 is 9.47 Å². The van der Waals surface area contributed by atoms with E-state index in [-0.39, 0.29) is 6.10 Å². The van der Waals surface area contributed by atoms with Crippen LogP contribution in [0.15, 0.2) is 0 Å². The largest absolute Gasteiger partial charge is 0.476 e. The van der Waals surface area contributed by atoms with Crippen molar-refractivity contribution in [1.82, 2.24) is 9.97 Å². The van der Waals surface area contributed by atoms with E-state index in [4.69, 9.17) is 15.2 Å². The summed E-state index contributed by atoms with van der Waals surface area (Å²) in [6.45, 7) is 5.50. The second kappa shape index (κ2) is 6.06. The predicted molar refractivity (Wildman–Crippen MR) is 74.3 cm³/mol. The number of nitrogen functional groups attached to an aromatic ring is 1. The molecule has 1 saturated heterocycles. The van der Waals surface area contributed by atoms with Gasteiger partial charge in [-0.25, -0.2) is 4.98 Å². The van der Waals surface area contributed by atoms with Crippen molar-refractivity contribution in [3.8, 4) is 5.88 Å². The molecule has 1 atom stereocenters. The Balaban J connectivity index is 2.26. The fourth-order valence-corrected chi connectivity index (χ4v) is 1.94. The molecule has 1 aliphatic heterocycles. The number of aromatic nitrogens is 2. The summed E-state index contributed by atoms with van der Waals surface area (Å²) in [6.07, 6.45) is 1.93. The number of hydrogen-bond acceptors (Lipinski definition) is 6. The van der Waals surface area contributed by atoms with E-state index in [9.17, 15) is 0 Å². The standard InChI is InChI=1S/C13H22N4O2/c1-8(2)7-19-13-10(14)12(15-3)16-11(17-13)9-5-4-6-18-9/h8-9H,4-7,14H2,1-3H3,(H,15,16,17). The third kappa shape index (κ3) is 3.26. The van der Waals surface area contributed by atoms with Crippen LogP contribution in [0.3, 0.4) is 0 Å². The number of nitrogens with zero attached hydrogens (tertiary/aromatic N) is 2. The first kappa shape index (κ1) is 13.9. The molecule has 1 aromatic rings. The van der Waals surface area contributed by atoms with Gasteiger partial charge in [-0.15, -0.1) is 0 Å². The van der Waals surface area contributed by atoms with Crippen LogP contribution in [0, 0.1) is 5.92 Å². The van der Waals surface area contributed by atoms with Gasteiger partial charge >= 0.3 is 0 Å². The highest BCUT2D eigenvalue weighted by atomic mass is 16.5. The summed E-state index contributed by atoms with van der Waals surface area (Å²) >= 11 is 0. The molecule has 0 spiro atoms. The van der Waals surface area contributed by atoms with Crippen molar-refractivity contribution >= 4 is 11.5 Å². The maximum absolute atomic E-state index is 5.99. The van der Waals surface area contributed by atoms with Crippen LogP contribution in [0.4, 0.5) is 11.5 Å². The van der Waals surface area contributed by atoms with E-state index in [0.29, 0.717) is 35.7 Å². The highest BCUT2D eigenvalue weighted by Crippen LogP contribution is 2.32. The SMILES string of the molecule is CNc1nc(C2CCCO2)nc(OCC(C)C)c1N. The quantitative estimate of drug-likeness (QED) is 0.848. The lowest BCUT2D eigenvalue weighted by Gasteiger charge is -2.16. The number of nitrogens with one attached hydrogen (secondary N) is 1. The third-order valence-electron chi connectivity index (χ3n) is 2.94. The smallest absolute Gasteiger partial charge is 0.242 e. The van der Waals surface area contributed by atoms with Crippen molar-refractivity contribution in [2.24, 2.45) is 5.92 Å². The predicted octanol–water partition coefficient (Wildman–Crippen LogP) is 1.99. The Morgan fingerprint density at radius 1 is 1.47 bits per heavy atom. The molecular formula is C13H22N4O2. The van der Waals surface area contributed by atoms with E-state index in [1.165, 1.54) is 0 Å². The second-order valence-corrected chi connectivity index (χ2v) is 5.11. The van der Waals surface area contributed by atoms with E-state index in [1.807, 2.05) is 0 Å². The van der Waals surface area contributed by atoms with Gasteiger partial charge in [-0.05, 0) is 18.8 Å². The number of rotatable bonds is 5. The molecule has 3 N–H and O–H groups in total. The maximum atomic E-state index is 5.99. The molecule has 6 heteroatoms. The Bertz CT molecular complexity index is 431. The minimum absolute atomic E-state index is 0.0471. The van der Waals surface area contributed by atoms with Crippen molar-refractivity contribution in [2.45, 2.75) is 32.8 Å². The monoisotopic (exact) mass is 266 g/mol. The summed E-state index contributed by atoms with van der Waals surface area (Å²) in [5, 5.41) is 2.98. The molecule has 0 radical (unpaired) electrons. The van der Waals surface area contributed by atoms with E-state index >= 15 is 0 Å². The highest BCUT2D eigenvalue weighted by Gasteiger charge is 2.23. The maximum Gasteiger partial charge on any atom is 0.242 e. The van der Waals surface area contributed by atoms with Crippen molar-refractivity contribution in [3.05, 3.63) is 5.82 Å². The van der Waals surface area contributed by atoms with Crippen molar-refractivity contribution in [3.63, 3.8) is 0 Å². The zero-order valence-corrected chi connectivity index (χ0v) is 11.8. The summed E-state index contributed by atoms with van der Waals surface area (Å²) in [7, 11) is 1.78. The van der Waals surface area contributed by atoms with E-state index in [1.54, 1.807) is 7.05 Å². The van der Waals surface area contributed by atoms with Gasteiger partial charge in [-0.2, -0.15) is 4.98 Å². The van der Waals surface area contributed by atoms with Gasteiger partial charge in [0.1, 0.15) is 11.8 Å². The first-order chi connectivity index (χ1) is 9.11. The Morgan fingerprint density at radius 3 is 2.84 bits per heavy atom. The normalized spacial score (nSPS) is 18.8. The van der Waals surface area contributed by atoms with Gasteiger partial charge in [0, 0.05) is 13.7 Å². The van der Waals surface area contributed by atoms with E-state index in [0.717, 1.165) is 19.4 Å². The molecule has 1 aromatic heterocycles. The minimum atomic E-state index is -0.0471. The summed E-state index contributed by atoms with van der Waals surface area (Å²) in [5.74, 6) is 2.10. The molecule has 0 amide bonds. The second-order valence-electron chi connectivity index (χ2n) is 5.11. The average molecular weight is 266 g/mol. The van der Waals surface area contributed by atoms with Crippen LogP contribution in [0.25, 0.3) is 0 Å². The van der Waals surface area contributed by atoms with Gasteiger partial charge < -0.3 is 20.5 Å². The van der Waals surface area contributed by atoms with E-state index in [2.05, 4.69) is 29.1 Å². The van der Waals surface area contributed by atoms with Gasteiger partial charge in [0.2, 0.25) is 5.88 Å². The average Bonchev–Trinajstić information content (AvgIpc) is 2.91. The third-order valence-corrected chi connectivity index (χ3v) is 2.94. The van der Waals surface area contributed by atoms with Crippen LogP contribution < -0.4 is 15.8 Å². The van der Waals surface area contributed by atoms with Crippen LogP contribution in [-0.4, -0.2) is 30.2 Å². The van der Waals surface area contributed by atoms with Gasteiger partial charge in [0.25, 0.3) is 0 Å². The van der Waals surface area contributed by atoms with Crippen LogP contribution in [0.5, 0.6) is 5.88 Å². The molecule has 0 bridgehead atoms. The van der Waals surface area contributed by atoms with Crippen LogP contribution in [0.2, 0.25) is 0 Å². The van der Waals surface area contributed by atoms with E-state index < -0.39 is 0 Å². The Labute approximate surface area is 113 Å². The topological polar surface area (TPSA) is 82.3 Å². The molecule has 106 valence electrons. The molecule has 1 fully saturated rings. The Morgan fingerprint density at radius 2 is 2.26 bits per heavy atom. The molecule has 0 aliphatic carbocycles. The molecule has 0 aromatic carbocycles. The lowest BCUT2D eigenvalue weighted by atomic mass is 10.2. The molecular weight excluding hydrogens is 244 g/mol. The molecule has 2 rings (SSSR count). The first-order valence-electron chi connectivity index (χ1n) is 6.71. The number of hydrogen-bond donors (Lipinski definition) is 2. The fraction of sp³-hybridized carbons (Fsp3) is 0.692. The Kier molecular flexibility index (Phi) is 4.42. The van der Waals surface area contributed by atoms with Gasteiger partial charge in [-0.3, -0.25) is 0 Å². The Hall–Kier alpha value is -1.56. The first-order valence-corrected chi connectivity index (χ1v) is 6.71. The van der Waals surface area contributed by atoms with Crippen LogP contribution in [-0.2, 0) is 4.74 Å². The van der Waals surface area contributed by atoms with Gasteiger partial charge in [-0.1, -0.05) is 13.8 Å². The lowest BCUT2D eigenvalue weighted by molar-refractivity contribution is 0.104. The number of anilines is 2. The zero-order valence-electron chi connectivity index (χ0n) is 11.8. The zero-order chi connectivity index (χ0) is 13.8. The van der Waals surface area contributed by atoms with Crippen LogP contribution in [0.1, 0.15) is 38.6 Å². The molecule has 0 saturated carbocycles. The molecule has 1 unspecified atom stereocenters. The molecule has 2 heterocycles. The molecule has 19 heavy (non-hydrogen) atoms. The highest BCUT2D eigenvalue weighted by molar-refractivity contribution is 5.66. The number of ether oxygens (including phenoxy) is 2. The number of nitrogens with two attached hydrogens (primary N) is 1. The van der Waals surface area contributed by atoms with Crippen molar-refractivity contribution in [2.75, 3.05) is 31.3 Å². The van der Waals surface area contributed by atoms with Crippen LogP contribution >= 0.6 is 0 Å². The molecule has 1 aliphatic rings. The summed E-state index contributed by atoms with van der Waals surface area (Å²) < 4.78 is 11.3. The minimum Gasteiger partial charge on any atom is -0.476 e. The van der Waals surface area contributed by atoms with Gasteiger partial charge in [0.15, 0.2) is 11.6 Å². The van der Waals surface area contributed by atoms with Gasteiger partial charge in [0.05, 0.1) is 6.61 Å². The fourth-order valence-electron chi connectivity index (χ4n) is 1.94.